The Kier molecular flexibility index (Phi) is 3.40. The normalized spacial score (nSPS) is 28.5. The fraction of sp³-hybridized carbons (Fsp3) is 0.583. The van der Waals surface area contributed by atoms with Crippen LogP contribution < -0.4 is 0 Å². The second-order valence-corrected chi connectivity index (χ2v) is 5.47. The number of aliphatic hydroxyl groups excluding tert-OH is 1. The summed E-state index contributed by atoms with van der Waals surface area (Å²) in [5.41, 5.74) is -0.642. The zero-order valence-electron chi connectivity index (χ0n) is 10.4. The monoisotopic (exact) mass is 272 g/mol. The summed E-state index contributed by atoms with van der Waals surface area (Å²) >= 11 is 5.84. The van der Waals surface area contributed by atoms with Gasteiger partial charge in [0.05, 0.1) is 16.7 Å². The number of piperidine rings is 1. The van der Waals surface area contributed by atoms with Crippen molar-refractivity contribution in [3.05, 3.63) is 23.0 Å². The Bertz CT molecular complexity index is 470. The molecule has 6 heteroatoms. The maximum absolute atomic E-state index is 12.2. The number of likely N-dealkylation sites (tertiary alicyclic amines) is 1. The third-order valence-electron chi connectivity index (χ3n) is 3.48. The van der Waals surface area contributed by atoms with Crippen molar-refractivity contribution in [3.63, 3.8) is 0 Å². The first-order valence-electron chi connectivity index (χ1n) is 5.83. The number of aryl methyl sites for hydroxylation is 1. The molecule has 2 heterocycles. The van der Waals surface area contributed by atoms with Crippen LogP contribution in [0.15, 0.2) is 12.3 Å². The van der Waals surface area contributed by atoms with Crippen LogP contribution in [0.3, 0.4) is 0 Å². The fourth-order valence-corrected chi connectivity index (χ4v) is 2.36. The third kappa shape index (κ3) is 2.39. The molecule has 1 aliphatic heterocycles. The summed E-state index contributed by atoms with van der Waals surface area (Å²) in [6.07, 6.45) is 1.09. The Balaban J connectivity index is 2.14. The van der Waals surface area contributed by atoms with Crippen LogP contribution in [0.25, 0.3) is 0 Å². The SMILES string of the molecule is Cn1cc(Cl)cc1C(=O)N1CC[C@](C)(O)[C@@H](O)C1. The number of rotatable bonds is 1. The molecule has 100 valence electrons. The molecule has 1 saturated heterocycles. The Labute approximate surface area is 111 Å². The molecule has 0 unspecified atom stereocenters. The van der Waals surface area contributed by atoms with E-state index in [2.05, 4.69) is 0 Å². The molecule has 2 atom stereocenters. The van der Waals surface area contributed by atoms with Crippen molar-refractivity contribution in [2.75, 3.05) is 13.1 Å². The van der Waals surface area contributed by atoms with Crippen molar-refractivity contribution in [1.82, 2.24) is 9.47 Å². The van der Waals surface area contributed by atoms with E-state index in [0.717, 1.165) is 0 Å². The van der Waals surface area contributed by atoms with Gasteiger partial charge in [0, 0.05) is 26.3 Å². The number of aliphatic hydroxyl groups is 2. The van der Waals surface area contributed by atoms with E-state index in [9.17, 15) is 15.0 Å². The molecule has 0 aliphatic carbocycles. The van der Waals surface area contributed by atoms with Crippen LogP contribution in [0.4, 0.5) is 0 Å². The number of hydrogen-bond acceptors (Lipinski definition) is 3. The minimum Gasteiger partial charge on any atom is -0.388 e. The molecule has 0 radical (unpaired) electrons. The van der Waals surface area contributed by atoms with E-state index in [1.54, 1.807) is 30.8 Å². The highest BCUT2D eigenvalue weighted by Gasteiger charge is 2.38. The van der Waals surface area contributed by atoms with Gasteiger partial charge >= 0.3 is 0 Å². The molecule has 0 spiro atoms. The molecule has 0 bridgehead atoms. The van der Waals surface area contributed by atoms with Gasteiger partial charge in [-0.05, 0) is 19.4 Å². The van der Waals surface area contributed by atoms with Gasteiger partial charge in [0.1, 0.15) is 5.69 Å². The van der Waals surface area contributed by atoms with Gasteiger partial charge < -0.3 is 19.7 Å². The van der Waals surface area contributed by atoms with Crippen molar-refractivity contribution < 1.29 is 15.0 Å². The van der Waals surface area contributed by atoms with Crippen LogP contribution in [-0.2, 0) is 7.05 Å². The minimum atomic E-state index is -1.12. The molecule has 5 nitrogen and oxygen atoms in total. The summed E-state index contributed by atoms with van der Waals surface area (Å²) in [6, 6.07) is 1.60. The largest absolute Gasteiger partial charge is 0.388 e. The first-order chi connectivity index (χ1) is 8.31. The third-order valence-corrected chi connectivity index (χ3v) is 3.68. The number of hydrogen-bond donors (Lipinski definition) is 2. The zero-order chi connectivity index (χ0) is 13.5. The van der Waals surface area contributed by atoms with Crippen molar-refractivity contribution >= 4 is 17.5 Å². The molecule has 1 aliphatic rings. The topological polar surface area (TPSA) is 65.7 Å². The van der Waals surface area contributed by atoms with Crippen LogP contribution in [0, 0.1) is 0 Å². The average molecular weight is 273 g/mol. The second-order valence-electron chi connectivity index (χ2n) is 5.03. The summed E-state index contributed by atoms with van der Waals surface area (Å²) in [6.45, 7) is 2.14. The standard InChI is InChI=1S/C12H17ClN2O3/c1-12(18)3-4-15(7-10(12)16)11(17)9-5-8(13)6-14(9)2/h5-6,10,16,18H,3-4,7H2,1-2H3/t10-,12-/m0/s1. The second kappa shape index (κ2) is 4.57. The average Bonchev–Trinajstić information content (AvgIpc) is 2.61. The molecular weight excluding hydrogens is 256 g/mol. The Hall–Kier alpha value is -1.04. The van der Waals surface area contributed by atoms with Crippen LogP contribution >= 0.6 is 11.6 Å². The molecule has 1 amide bonds. The Morgan fingerprint density at radius 2 is 2.28 bits per heavy atom. The maximum Gasteiger partial charge on any atom is 0.270 e. The number of β-amino-alcohol motifs (C(OH)–C–C–N with tert-alkyl or cyclic N) is 1. The van der Waals surface area contributed by atoms with E-state index in [-0.39, 0.29) is 12.5 Å². The van der Waals surface area contributed by atoms with E-state index < -0.39 is 11.7 Å². The molecule has 0 aromatic carbocycles. The van der Waals surface area contributed by atoms with E-state index in [1.165, 1.54) is 4.90 Å². The van der Waals surface area contributed by atoms with Crippen molar-refractivity contribution in [2.45, 2.75) is 25.0 Å². The molecule has 2 rings (SSSR count). The number of halogens is 1. The van der Waals surface area contributed by atoms with Crippen LogP contribution in [0.2, 0.25) is 5.02 Å². The Morgan fingerprint density at radius 1 is 1.61 bits per heavy atom. The number of carbonyl (C=O) groups is 1. The van der Waals surface area contributed by atoms with Gasteiger partial charge in [-0.3, -0.25) is 4.79 Å². The van der Waals surface area contributed by atoms with Crippen LogP contribution in [0.5, 0.6) is 0 Å². The van der Waals surface area contributed by atoms with Gasteiger partial charge in [-0.1, -0.05) is 11.6 Å². The van der Waals surface area contributed by atoms with Gasteiger partial charge in [-0.15, -0.1) is 0 Å². The first kappa shape index (κ1) is 13.4. The lowest BCUT2D eigenvalue weighted by Crippen LogP contribution is -2.55. The molecule has 1 fully saturated rings. The lowest BCUT2D eigenvalue weighted by molar-refractivity contribution is -0.1000. The summed E-state index contributed by atoms with van der Waals surface area (Å²) in [4.78, 5) is 13.8. The van der Waals surface area contributed by atoms with E-state index in [1.807, 2.05) is 0 Å². The number of nitrogens with zero attached hydrogens (tertiary/aromatic N) is 2. The molecule has 18 heavy (non-hydrogen) atoms. The first-order valence-corrected chi connectivity index (χ1v) is 6.20. The van der Waals surface area contributed by atoms with Gasteiger partial charge in [-0.2, -0.15) is 0 Å². The summed E-state index contributed by atoms with van der Waals surface area (Å²) in [5, 5.41) is 20.2. The van der Waals surface area contributed by atoms with Gasteiger partial charge in [0.25, 0.3) is 5.91 Å². The van der Waals surface area contributed by atoms with E-state index >= 15 is 0 Å². The molecular formula is C12H17ClN2O3. The molecule has 1 aromatic heterocycles. The highest BCUT2D eigenvalue weighted by molar-refractivity contribution is 6.31. The van der Waals surface area contributed by atoms with Gasteiger partial charge in [0.15, 0.2) is 0 Å². The minimum absolute atomic E-state index is 0.134. The van der Waals surface area contributed by atoms with Crippen molar-refractivity contribution in [1.29, 1.82) is 0 Å². The molecule has 1 aromatic rings. The zero-order valence-corrected chi connectivity index (χ0v) is 11.2. The quantitative estimate of drug-likeness (QED) is 0.788. The predicted octanol–water partition coefficient (Wildman–Crippen LogP) is 0.636. The smallest absolute Gasteiger partial charge is 0.270 e. The van der Waals surface area contributed by atoms with Crippen molar-refractivity contribution in [2.24, 2.45) is 7.05 Å². The van der Waals surface area contributed by atoms with Crippen molar-refractivity contribution in [3.8, 4) is 0 Å². The highest BCUT2D eigenvalue weighted by atomic mass is 35.5. The van der Waals surface area contributed by atoms with Crippen LogP contribution in [-0.4, -0.2) is 50.4 Å². The van der Waals surface area contributed by atoms with Crippen LogP contribution in [0.1, 0.15) is 23.8 Å². The molecule has 2 N–H and O–H groups in total. The summed E-state index contributed by atoms with van der Waals surface area (Å²) < 4.78 is 1.66. The summed E-state index contributed by atoms with van der Waals surface area (Å²) in [5.74, 6) is -0.182. The Morgan fingerprint density at radius 3 is 2.78 bits per heavy atom. The highest BCUT2D eigenvalue weighted by Crippen LogP contribution is 2.24. The number of carbonyl (C=O) groups excluding carboxylic acids is 1. The lowest BCUT2D eigenvalue weighted by atomic mass is 9.90. The lowest BCUT2D eigenvalue weighted by Gasteiger charge is -2.39. The van der Waals surface area contributed by atoms with E-state index in [4.69, 9.17) is 11.6 Å². The molecule has 0 saturated carbocycles. The fourth-order valence-electron chi connectivity index (χ4n) is 2.11. The van der Waals surface area contributed by atoms with Gasteiger partial charge in [0.2, 0.25) is 0 Å². The van der Waals surface area contributed by atoms with E-state index in [0.29, 0.717) is 23.7 Å². The number of aromatic nitrogens is 1. The maximum atomic E-state index is 12.2. The van der Waals surface area contributed by atoms with Gasteiger partial charge in [-0.25, -0.2) is 0 Å². The predicted molar refractivity (Wildman–Crippen MR) is 67.6 cm³/mol. The summed E-state index contributed by atoms with van der Waals surface area (Å²) in [7, 11) is 1.75. The number of amides is 1.